The third-order valence-corrected chi connectivity index (χ3v) is 5.10. The molecular formula is C17H20Cl2N2O2. The van der Waals surface area contributed by atoms with Gasteiger partial charge in [0.25, 0.3) is 0 Å². The first-order valence-electron chi connectivity index (χ1n) is 7.70. The first kappa shape index (κ1) is 18.1. The van der Waals surface area contributed by atoms with Gasteiger partial charge >= 0.3 is 0 Å². The van der Waals surface area contributed by atoms with Crippen LogP contribution in [-0.4, -0.2) is 19.1 Å². The van der Waals surface area contributed by atoms with Crippen molar-refractivity contribution in [1.29, 1.82) is 5.26 Å². The number of ether oxygens (including phenoxy) is 1. The van der Waals surface area contributed by atoms with Crippen molar-refractivity contribution in [2.45, 2.75) is 44.2 Å². The molecule has 0 aromatic heterocycles. The molecule has 3 unspecified atom stereocenters. The molecule has 1 aliphatic rings. The van der Waals surface area contributed by atoms with Crippen LogP contribution in [0.15, 0.2) is 18.2 Å². The van der Waals surface area contributed by atoms with Gasteiger partial charge in [-0.2, -0.15) is 5.26 Å². The zero-order valence-corrected chi connectivity index (χ0v) is 14.5. The average molecular weight is 355 g/mol. The molecule has 0 spiro atoms. The van der Waals surface area contributed by atoms with Crippen molar-refractivity contribution in [3.8, 4) is 6.07 Å². The van der Waals surface area contributed by atoms with E-state index in [0.29, 0.717) is 27.9 Å². The summed E-state index contributed by atoms with van der Waals surface area (Å²) in [6, 6.07) is 6.34. The minimum Gasteiger partial charge on any atom is -0.381 e. The van der Waals surface area contributed by atoms with Gasteiger partial charge in [0, 0.05) is 19.1 Å². The van der Waals surface area contributed by atoms with E-state index >= 15 is 0 Å². The van der Waals surface area contributed by atoms with Gasteiger partial charge in [-0.05, 0) is 31.2 Å². The van der Waals surface area contributed by atoms with Crippen LogP contribution in [0.3, 0.4) is 0 Å². The molecule has 1 fully saturated rings. The summed E-state index contributed by atoms with van der Waals surface area (Å²) in [5.74, 6) is 0.150. The van der Waals surface area contributed by atoms with Gasteiger partial charge in [0.2, 0.25) is 5.91 Å². The lowest BCUT2D eigenvalue weighted by atomic mass is 9.85. The fraction of sp³-hybridized carbons (Fsp3) is 0.529. The highest BCUT2D eigenvalue weighted by atomic mass is 35.5. The Morgan fingerprint density at radius 1 is 1.48 bits per heavy atom. The van der Waals surface area contributed by atoms with Crippen LogP contribution in [0.25, 0.3) is 0 Å². The van der Waals surface area contributed by atoms with E-state index in [4.69, 9.17) is 27.9 Å². The molecular weight excluding hydrogens is 335 g/mol. The Kier molecular flexibility index (Phi) is 6.71. The first-order valence-corrected chi connectivity index (χ1v) is 8.46. The van der Waals surface area contributed by atoms with Crippen molar-refractivity contribution in [1.82, 2.24) is 5.32 Å². The average Bonchev–Trinajstić information content (AvgIpc) is 2.55. The lowest BCUT2D eigenvalue weighted by Crippen LogP contribution is -2.31. The predicted molar refractivity (Wildman–Crippen MR) is 90.3 cm³/mol. The number of carbonyl (C=O) groups is 1. The van der Waals surface area contributed by atoms with Crippen molar-refractivity contribution < 1.29 is 9.53 Å². The third-order valence-electron chi connectivity index (χ3n) is 4.27. The van der Waals surface area contributed by atoms with E-state index in [1.54, 1.807) is 25.3 Å². The van der Waals surface area contributed by atoms with E-state index in [-0.39, 0.29) is 12.0 Å². The van der Waals surface area contributed by atoms with E-state index < -0.39 is 6.04 Å². The van der Waals surface area contributed by atoms with Gasteiger partial charge in [-0.3, -0.25) is 4.79 Å². The van der Waals surface area contributed by atoms with Crippen molar-refractivity contribution in [2.75, 3.05) is 7.11 Å². The fourth-order valence-electron chi connectivity index (χ4n) is 3.05. The molecule has 6 heteroatoms. The van der Waals surface area contributed by atoms with Crippen molar-refractivity contribution in [3.05, 3.63) is 33.8 Å². The summed E-state index contributed by atoms with van der Waals surface area (Å²) in [6.45, 7) is 0. The second kappa shape index (κ2) is 8.54. The molecule has 124 valence electrons. The summed E-state index contributed by atoms with van der Waals surface area (Å²) in [7, 11) is 1.71. The highest BCUT2D eigenvalue weighted by Crippen LogP contribution is 2.31. The molecule has 3 atom stereocenters. The quantitative estimate of drug-likeness (QED) is 0.858. The lowest BCUT2D eigenvalue weighted by Gasteiger charge is -2.28. The highest BCUT2D eigenvalue weighted by molar-refractivity contribution is 6.42. The van der Waals surface area contributed by atoms with Gasteiger partial charge < -0.3 is 10.1 Å². The minimum absolute atomic E-state index is 0.144. The molecule has 1 aromatic rings. The standard InChI is InChI=1S/C17H20Cl2N2O2/c1-23-12-5-2-4-11(8-12)9-16(22)21-15(10-20)13-6-3-7-14(18)17(13)19/h3,6-7,11-12,15H,2,4-5,8-9H2,1H3,(H,21,22). The SMILES string of the molecule is COC1CCCC(CC(=O)NC(C#N)c2cccc(Cl)c2Cl)C1. The number of benzene rings is 1. The van der Waals surface area contributed by atoms with Crippen LogP contribution in [0.1, 0.15) is 43.7 Å². The monoisotopic (exact) mass is 354 g/mol. The zero-order valence-electron chi connectivity index (χ0n) is 13.0. The van der Waals surface area contributed by atoms with Crippen molar-refractivity contribution >= 4 is 29.1 Å². The maximum absolute atomic E-state index is 12.3. The van der Waals surface area contributed by atoms with E-state index in [0.717, 1.165) is 25.7 Å². The number of nitrogens with one attached hydrogen (secondary N) is 1. The number of nitriles is 1. The highest BCUT2D eigenvalue weighted by Gasteiger charge is 2.25. The number of hydrogen-bond acceptors (Lipinski definition) is 3. The third kappa shape index (κ3) is 4.84. The number of methoxy groups -OCH3 is 1. The largest absolute Gasteiger partial charge is 0.381 e. The smallest absolute Gasteiger partial charge is 0.221 e. The van der Waals surface area contributed by atoms with Crippen LogP contribution < -0.4 is 5.32 Å². The van der Waals surface area contributed by atoms with E-state index in [9.17, 15) is 10.1 Å². The molecule has 4 nitrogen and oxygen atoms in total. The Labute approximate surface area is 146 Å². The maximum atomic E-state index is 12.3. The lowest BCUT2D eigenvalue weighted by molar-refractivity contribution is -0.123. The maximum Gasteiger partial charge on any atom is 0.221 e. The summed E-state index contributed by atoms with van der Waals surface area (Å²) in [5, 5.41) is 12.8. The van der Waals surface area contributed by atoms with Crippen LogP contribution in [0.4, 0.5) is 0 Å². The molecule has 0 aliphatic heterocycles. The van der Waals surface area contributed by atoms with Crippen LogP contribution in [0.2, 0.25) is 10.0 Å². The van der Waals surface area contributed by atoms with Crippen LogP contribution in [0, 0.1) is 17.2 Å². The molecule has 0 saturated heterocycles. The molecule has 1 aromatic carbocycles. The van der Waals surface area contributed by atoms with Crippen molar-refractivity contribution in [3.63, 3.8) is 0 Å². The number of rotatable bonds is 5. The summed E-state index contributed by atoms with van der Waals surface area (Å²) < 4.78 is 5.39. The Balaban J connectivity index is 1.98. The van der Waals surface area contributed by atoms with Crippen LogP contribution in [-0.2, 0) is 9.53 Å². The molecule has 23 heavy (non-hydrogen) atoms. The summed E-state index contributed by atoms with van der Waals surface area (Å²) in [4.78, 5) is 12.3. The Hall–Kier alpha value is -1.28. The Bertz CT molecular complexity index is 601. The minimum atomic E-state index is -0.796. The van der Waals surface area contributed by atoms with Crippen molar-refractivity contribution in [2.24, 2.45) is 5.92 Å². The normalized spacial score (nSPS) is 22.2. The Morgan fingerprint density at radius 3 is 2.96 bits per heavy atom. The predicted octanol–water partition coefficient (Wildman–Crippen LogP) is 4.27. The van der Waals surface area contributed by atoms with Crippen LogP contribution >= 0.6 is 23.2 Å². The van der Waals surface area contributed by atoms with Gasteiger partial charge in [0.05, 0.1) is 22.2 Å². The van der Waals surface area contributed by atoms with E-state index in [1.807, 2.05) is 0 Å². The number of hydrogen-bond donors (Lipinski definition) is 1. The number of halogens is 2. The number of amides is 1. The fourth-order valence-corrected chi connectivity index (χ4v) is 3.46. The second-order valence-electron chi connectivity index (χ2n) is 5.87. The topological polar surface area (TPSA) is 62.1 Å². The summed E-state index contributed by atoms with van der Waals surface area (Å²) in [6.07, 6.45) is 4.65. The first-order chi connectivity index (χ1) is 11.0. The van der Waals surface area contributed by atoms with Gasteiger partial charge in [-0.15, -0.1) is 0 Å². The second-order valence-corrected chi connectivity index (χ2v) is 6.65. The molecule has 1 aliphatic carbocycles. The number of nitrogens with zero attached hydrogens (tertiary/aromatic N) is 1. The van der Waals surface area contributed by atoms with Gasteiger partial charge in [-0.1, -0.05) is 41.8 Å². The van der Waals surface area contributed by atoms with Gasteiger partial charge in [-0.25, -0.2) is 0 Å². The molecule has 0 bridgehead atoms. The van der Waals surface area contributed by atoms with Gasteiger partial charge in [0.1, 0.15) is 6.04 Å². The van der Waals surface area contributed by atoms with Crippen LogP contribution in [0.5, 0.6) is 0 Å². The molecule has 1 N–H and O–H groups in total. The molecule has 0 heterocycles. The molecule has 0 radical (unpaired) electrons. The molecule has 1 amide bonds. The Morgan fingerprint density at radius 2 is 2.26 bits per heavy atom. The summed E-state index contributed by atoms with van der Waals surface area (Å²) >= 11 is 12.1. The molecule has 2 rings (SSSR count). The van der Waals surface area contributed by atoms with E-state index in [2.05, 4.69) is 11.4 Å². The summed E-state index contributed by atoms with van der Waals surface area (Å²) in [5.41, 5.74) is 0.522. The van der Waals surface area contributed by atoms with Gasteiger partial charge in [0.15, 0.2) is 0 Å². The van der Waals surface area contributed by atoms with E-state index in [1.165, 1.54) is 0 Å². The molecule has 1 saturated carbocycles. The number of carbonyl (C=O) groups excluding carboxylic acids is 1. The zero-order chi connectivity index (χ0) is 16.8.